The molecule has 0 aliphatic rings. The van der Waals surface area contributed by atoms with Crippen LogP contribution in [-0.2, 0) is 19.6 Å². The predicted molar refractivity (Wildman–Crippen MR) is 97.8 cm³/mol. The maximum atomic E-state index is 5.43. The van der Waals surface area contributed by atoms with E-state index in [1.165, 1.54) is 11.1 Å². The summed E-state index contributed by atoms with van der Waals surface area (Å²) >= 11 is 0. The maximum Gasteiger partial charge on any atom is 0.241 e. The molecule has 2 heterocycles. The standard InChI is InChI=1S/C21H19N3O2/c1-3-8-17(9-4-1)14-24(15-18-10-5-2-6-11-18)16-20-22-21(23-26-20)19-12-7-13-25-19/h1-13H,14-16H2. The van der Waals surface area contributed by atoms with Crippen LogP contribution in [0.2, 0.25) is 0 Å². The number of hydrogen-bond donors (Lipinski definition) is 0. The van der Waals surface area contributed by atoms with Crippen LogP contribution in [-0.4, -0.2) is 15.0 Å². The van der Waals surface area contributed by atoms with Crippen molar-refractivity contribution >= 4 is 0 Å². The Hall–Kier alpha value is -3.18. The Morgan fingerprint density at radius 2 is 1.38 bits per heavy atom. The molecule has 0 amide bonds. The monoisotopic (exact) mass is 345 g/mol. The molecule has 5 nitrogen and oxygen atoms in total. The molecule has 0 aliphatic heterocycles. The van der Waals surface area contributed by atoms with Gasteiger partial charge in [0, 0.05) is 13.1 Å². The molecule has 0 unspecified atom stereocenters. The fourth-order valence-corrected chi connectivity index (χ4v) is 2.87. The molecule has 0 saturated heterocycles. The van der Waals surface area contributed by atoms with Crippen molar-refractivity contribution in [1.82, 2.24) is 15.0 Å². The zero-order valence-corrected chi connectivity index (χ0v) is 14.3. The number of aromatic nitrogens is 2. The molecular formula is C21H19N3O2. The van der Waals surface area contributed by atoms with E-state index in [-0.39, 0.29) is 0 Å². The summed E-state index contributed by atoms with van der Waals surface area (Å²) in [7, 11) is 0. The molecule has 2 aromatic heterocycles. The van der Waals surface area contributed by atoms with Crippen LogP contribution in [0, 0.1) is 0 Å². The van der Waals surface area contributed by atoms with Gasteiger partial charge in [-0.2, -0.15) is 4.98 Å². The van der Waals surface area contributed by atoms with E-state index in [2.05, 4.69) is 63.6 Å². The number of furan rings is 1. The lowest BCUT2D eigenvalue weighted by atomic mass is 10.1. The minimum absolute atomic E-state index is 0.476. The molecule has 0 radical (unpaired) electrons. The van der Waals surface area contributed by atoms with Gasteiger partial charge in [0.15, 0.2) is 5.76 Å². The minimum Gasteiger partial charge on any atom is -0.461 e. The lowest BCUT2D eigenvalue weighted by molar-refractivity contribution is 0.211. The molecule has 4 rings (SSSR count). The Labute approximate surface area is 151 Å². The number of benzene rings is 2. The molecule has 2 aromatic carbocycles. The van der Waals surface area contributed by atoms with Crippen molar-refractivity contribution < 1.29 is 8.94 Å². The third-order valence-corrected chi connectivity index (χ3v) is 4.07. The van der Waals surface area contributed by atoms with Crippen molar-refractivity contribution in [2.45, 2.75) is 19.6 Å². The quantitative estimate of drug-likeness (QED) is 0.492. The van der Waals surface area contributed by atoms with Crippen LogP contribution in [0.1, 0.15) is 17.0 Å². The summed E-state index contributed by atoms with van der Waals surface area (Å²) in [4.78, 5) is 6.74. The predicted octanol–water partition coefficient (Wildman–Crippen LogP) is 4.53. The molecule has 0 spiro atoms. The highest BCUT2D eigenvalue weighted by atomic mass is 16.5. The second-order valence-electron chi connectivity index (χ2n) is 6.11. The Balaban J connectivity index is 1.52. The third kappa shape index (κ3) is 4.07. The molecule has 4 aromatic rings. The molecule has 0 fully saturated rings. The maximum absolute atomic E-state index is 5.43. The summed E-state index contributed by atoms with van der Waals surface area (Å²) < 4.78 is 10.8. The van der Waals surface area contributed by atoms with Gasteiger partial charge in [-0.3, -0.25) is 4.90 Å². The number of rotatable bonds is 7. The van der Waals surface area contributed by atoms with E-state index in [4.69, 9.17) is 8.94 Å². The van der Waals surface area contributed by atoms with Gasteiger partial charge in [0.2, 0.25) is 11.7 Å². The van der Waals surface area contributed by atoms with Crippen molar-refractivity contribution in [3.8, 4) is 11.6 Å². The van der Waals surface area contributed by atoms with Gasteiger partial charge in [-0.1, -0.05) is 65.8 Å². The number of hydrogen-bond acceptors (Lipinski definition) is 5. The van der Waals surface area contributed by atoms with E-state index in [0.717, 1.165) is 13.1 Å². The van der Waals surface area contributed by atoms with E-state index in [0.29, 0.717) is 24.0 Å². The van der Waals surface area contributed by atoms with Gasteiger partial charge in [-0.25, -0.2) is 0 Å². The van der Waals surface area contributed by atoms with Crippen LogP contribution in [0.4, 0.5) is 0 Å². The van der Waals surface area contributed by atoms with Gasteiger partial charge in [0.1, 0.15) is 0 Å². The van der Waals surface area contributed by atoms with Crippen molar-refractivity contribution in [1.29, 1.82) is 0 Å². The van der Waals surface area contributed by atoms with Crippen LogP contribution in [0.25, 0.3) is 11.6 Å². The normalized spacial score (nSPS) is 11.1. The largest absolute Gasteiger partial charge is 0.461 e. The Morgan fingerprint density at radius 3 is 1.96 bits per heavy atom. The fourth-order valence-electron chi connectivity index (χ4n) is 2.87. The molecule has 26 heavy (non-hydrogen) atoms. The van der Waals surface area contributed by atoms with Crippen molar-refractivity contribution in [3.05, 3.63) is 96.1 Å². The molecule has 0 bridgehead atoms. The Morgan fingerprint density at radius 1 is 0.731 bits per heavy atom. The minimum atomic E-state index is 0.476. The smallest absolute Gasteiger partial charge is 0.241 e. The lowest BCUT2D eigenvalue weighted by Crippen LogP contribution is -2.22. The summed E-state index contributed by atoms with van der Waals surface area (Å²) in [6.07, 6.45) is 1.60. The average Bonchev–Trinajstić information content (AvgIpc) is 3.35. The molecule has 5 heteroatoms. The van der Waals surface area contributed by atoms with Crippen LogP contribution >= 0.6 is 0 Å². The second kappa shape index (κ2) is 7.80. The SMILES string of the molecule is c1ccc(CN(Cc2ccccc2)Cc2nc(-c3ccco3)no2)cc1. The molecule has 0 N–H and O–H groups in total. The molecular weight excluding hydrogens is 326 g/mol. The first-order chi connectivity index (χ1) is 12.9. The fraction of sp³-hybridized carbons (Fsp3) is 0.143. The van der Waals surface area contributed by atoms with Gasteiger partial charge in [0.25, 0.3) is 0 Å². The van der Waals surface area contributed by atoms with Crippen LogP contribution < -0.4 is 0 Å². The third-order valence-electron chi connectivity index (χ3n) is 4.07. The summed E-state index contributed by atoms with van der Waals surface area (Å²) in [5.41, 5.74) is 2.49. The first kappa shape index (κ1) is 16.3. The van der Waals surface area contributed by atoms with E-state index < -0.39 is 0 Å². The highest BCUT2D eigenvalue weighted by Crippen LogP contribution is 2.18. The highest BCUT2D eigenvalue weighted by Gasteiger charge is 2.15. The van der Waals surface area contributed by atoms with Gasteiger partial charge in [-0.15, -0.1) is 0 Å². The van der Waals surface area contributed by atoms with Gasteiger partial charge in [0.05, 0.1) is 12.8 Å². The van der Waals surface area contributed by atoms with Crippen LogP contribution in [0.5, 0.6) is 0 Å². The summed E-state index contributed by atoms with van der Waals surface area (Å²) in [6.45, 7) is 2.17. The summed E-state index contributed by atoms with van der Waals surface area (Å²) in [5.74, 6) is 1.66. The van der Waals surface area contributed by atoms with E-state index in [1.54, 1.807) is 6.26 Å². The average molecular weight is 345 g/mol. The zero-order chi connectivity index (χ0) is 17.6. The summed E-state index contributed by atoms with van der Waals surface area (Å²) in [6, 6.07) is 24.4. The lowest BCUT2D eigenvalue weighted by Gasteiger charge is -2.20. The van der Waals surface area contributed by atoms with Crippen molar-refractivity contribution in [3.63, 3.8) is 0 Å². The van der Waals surface area contributed by atoms with Gasteiger partial charge in [-0.05, 0) is 23.3 Å². The first-order valence-electron chi connectivity index (χ1n) is 8.53. The van der Waals surface area contributed by atoms with Gasteiger partial charge >= 0.3 is 0 Å². The second-order valence-corrected chi connectivity index (χ2v) is 6.11. The first-order valence-corrected chi connectivity index (χ1v) is 8.53. The van der Waals surface area contributed by atoms with Crippen molar-refractivity contribution in [2.24, 2.45) is 0 Å². The molecule has 130 valence electrons. The Kier molecular flexibility index (Phi) is 4.89. The van der Waals surface area contributed by atoms with E-state index in [9.17, 15) is 0 Å². The molecule has 0 aliphatic carbocycles. The topological polar surface area (TPSA) is 55.3 Å². The van der Waals surface area contributed by atoms with Crippen LogP contribution in [0.15, 0.2) is 88.0 Å². The molecule has 0 saturated carbocycles. The van der Waals surface area contributed by atoms with Crippen LogP contribution in [0.3, 0.4) is 0 Å². The van der Waals surface area contributed by atoms with E-state index >= 15 is 0 Å². The van der Waals surface area contributed by atoms with Gasteiger partial charge < -0.3 is 8.94 Å². The Bertz CT molecular complexity index is 877. The zero-order valence-electron chi connectivity index (χ0n) is 14.3. The highest BCUT2D eigenvalue weighted by molar-refractivity contribution is 5.44. The van der Waals surface area contributed by atoms with E-state index in [1.807, 2.05) is 24.3 Å². The van der Waals surface area contributed by atoms with Crippen molar-refractivity contribution in [2.75, 3.05) is 0 Å². The summed E-state index contributed by atoms with van der Waals surface area (Å²) in [5, 5.41) is 4.02. The molecule has 0 atom stereocenters. The number of nitrogens with zero attached hydrogens (tertiary/aromatic N) is 3.